The normalized spacial score (nSPS) is 14.7. The van der Waals surface area contributed by atoms with Crippen LogP contribution in [0.3, 0.4) is 0 Å². The van der Waals surface area contributed by atoms with Crippen LogP contribution in [-0.4, -0.2) is 108 Å². The molecule has 1 aromatic heterocycles. The fraction of sp³-hybridized carbons (Fsp3) is 0.500. The van der Waals surface area contributed by atoms with Gasteiger partial charge in [0.15, 0.2) is 0 Å². The van der Waals surface area contributed by atoms with Crippen LogP contribution < -0.4 is 10.6 Å². The molecule has 0 bridgehead atoms. The number of alkyl halides is 1. The van der Waals surface area contributed by atoms with Crippen LogP contribution in [-0.2, 0) is 20.8 Å². The number of carboxylic acids is 4. The average molecular weight is 635 g/mol. The summed E-state index contributed by atoms with van der Waals surface area (Å²) in [5.74, 6) is -6.60. The second-order valence-corrected chi connectivity index (χ2v) is 10.7. The van der Waals surface area contributed by atoms with Gasteiger partial charge in [-0.3, -0.25) is 18.8 Å². The van der Waals surface area contributed by atoms with Crippen molar-refractivity contribution >= 4 is 35.8 Å². The van der Waals surface area contributed by atoms with Gasteiger partial charge in [0, 0.05) is 31.6 Å². The number of rotatable bonds is 16. The molecule has 0 aliphatic carbocycles. The third-order valence-corrected chi connectivity index (χ3v) is 7.41. The third-order valence-electron chi connectivity index (χ3n) is 7.41. The summed E-state index contributed by atoms with van der Waals surface area (Å²) < 4.78 is 13.8. The molecular weight excluding hydrogens is 599 g/mol. The van der Waals surface area contributed by atoms with Gasteiger partial charge >= 0.3 is 29.9 Å². The molecule has 0 spiro atoms. The van der Waals surface area contributed by atoms with E-state index >= 15 is 0 Å². The zero-order chi connectivity index (χ0) is 33.1. The molecule has 1 unspecified atom stereocenters. The summed E-state index contributed by atoms with van der Waals surface area (Å²) >= 11 is 0. The maximum atomic E-state index is 13.4. The highest BCUT2D eigenvalue weighted by atomic mass is 19.1. The van der Waals surface area contributed by atoms with Crippen molar-refractivity contribution in [1.82, 2.24) is 30.5 Å². The number of benzene rings is 1. The molecule has 1 aromatic carbocycles. The first-order valence-electron chi connectivity index (χ1n) is 14.2. The number of aromatic nitrogens is 3. The molecule has 1 fully saturated rings. The molecule has 1 saturated heterocycles. The first-order valence-corrected chi connectivity index (χ1v) is 14.2. The largest absolute Gasteiger partial charge is 0.481 e. The fourth-order valence-corrected chi connectivity index (χ4v) is 4.96. The first-order chi connectivity index (χ1) is 21.4. The number of carboxylic acid groups (broad SMARTS) is 4. The smallest absolute Gasteiger partial charge is 0.335 e. The Morgan fingerprint density at radius 2 is 1.67 bits per heavy atom. The van der Waals surface area contributed by atoms with Gasteiger partial charge in [-0.15, -0.1) is 5.10 Å². The van der Waals surface area contributed by atoms with Crippen LogP contribution in [0.15, 0.2) is 24.4 Å². The van der Waals surface area contributed by atoms with E-state index in [1.54, 1.807) is 4.90 Å². The number of nitrogens with zero attached hydrogens (tertiary/aromatic N) is 4. The monoisotopic (exact) mass is 634 g/mol. The Morgan fingerprint density at radius 3 is 2.27 bits per heavy atom. The molecule has 17 heteroatoms. The number of urea groups is 1. The van der Waals surface area contributed by atoms with Crippen molar-refractivity contribution in [3.05, 3.63) is 41.2 Å². The molecule has 244 valence electrons. The van der Waals surface area contributed by atoms with Crippen molar-refractivity contribution in [1.29, 1.82) is 0 Å². The maximum absolute atomic E-state index is 13.4. The summed E-state index contributed by atoms with van der Waals surface area (Å²) in [4.78, 5) is 72.7. The number of piperidine rings is 1. The number of nitrogens with one attached hydrogen (secondary N) is 2. The Kier molecular flexibility index (Phi) is 12.3. The quantitative estimate of drug-likeness (QED) is 0.154. The maximum Gasteiger partial charge on any atom is 0.335 e. The molecule has 1 aliphatic rings. The molecule has 45 heavy (non-hydrogen) atoms. The minimum Gasteiger partial charge on any atom is -0.481 e. The van der Waals surface area contributed by atoms with Crippen LogP contribution in [0.1, 0.15) is 64.9 Å². The Bertz CT molecular complexity index is 1410. The number of carbonyl (C=O) groups excluding carboxylic acids is 2. The van der Waals surface area contributed by atoms with E-state index in [1.807, 2.05) is 0 Å². The van der Waals surface area contributed by atoms with Crippen molar-refractivity contribution in [2.24, 2.45) is 11.8 Å². The number of likely N-dealkylation sites (tertiary alicyclic amines) is 1. The second kappa shape index (κ2) is 16.1. The second-order valence-electron chi connectivity index (χ2n) is 10.7. The van der Waals surface area contributed by atoms with E-state index in [2.05, 4.69) is 20.9 Å². The predicted octanol–water partition coefficient (Wildman–Crippen LogP) is 1.43. The minimum atomic E-state index is -1.46. The van der Waals surface area contributed by atoms with E-state index in [0.29, 0.717) is 30.6 Å². The highest BCUT2D eigenvalue weighted by molar-refractivity contribution is 5.98. The standard InChI is InChI=1S/C28H35FN6O10/c29-7-1-2-20-15-35(33-32-20)21-12-17(11-18(13-21)25(39)40)24(38)34-8-5-16(6-9-34)10-19(26(41)42)14-30-28(45)31-22(27(43)44)3-4-23(36)37/h11-13,15-16,19,22H,1-10,14H2,(H,36,37)(H,39,40)(H,41,42)(H,43,44)(H2,30,31,45)/t19-,22?/m0/s1. The number of aromatic carboxylic acids is 1. The van der Waals surface area contributed by atoms with Gasteiger partial charge in [0.2, 0.25) is 0 Å². The Labute approximate surface area is 256 Å². The number of hydrogen-bond acceptors (Lipinski definition) is 8. The van der Waals surface area contributed by atoms with Crippen molar-refractivity contribution in [3.8, 4) is 5.69 Å². The van der Waals surface area contributed by atoms with Gasteiger partial charge < -0.3 is 36.0 Å². The molecule has 2 aromatic rings. The molecule has 0 saturated carbocycles. The average Bonchev–Trinajstić information content (AvgIpc) is 3.48. The lowest BCUT2D eigenvalue weighted by Gasteiger charge is -2.33. The molecule has 6 N–H and O–H groups in total. The van der Waals surface area contributed by atoms with Gasteiger partial charge in [0.05, 0.1) is 35.7 Å². The Hall–Kier alpha value is -5.09. The van der Waals surface area contributed by atoms with Gasteiger partial charge in [0.1, 0.15) is 6.04 Å². The Balaban J connectivity index is 1.58. The molecule has 1 aliphatic heterocycles. The molecule has 16 nitrogen and oxygen atoms in total. The molecule has 3 rings (SSSR count). The van der Waals surface area contributed by atoms with E-state index in [-0.39, 0.29) is 55.9 Å². The summed E-state index contributed by atoms with van der Waals surface area (Å²) in [6.45, 7) is -0.268. The lowest BCUT2D eigenvalue weighted by atomic mass is 9.87. The van der Waals surface area contributed by atoms with Crippen LogP contribution in [0.2, 0.25) is 0 Å². The van der Waals surface area contributed by atoms with Crippen molar-refractivity contribution in [2.45, 2.75) is 51.0 Å². The lowest BCUT2D eigenvalue weighted by molar-refractivity contribution is -0.143. The van der Waals surface area contributed by atoms with Crippen LogP contribution in [0.4, 0.5) is 9.18 Å². The molecule has 2 atom stereocenters. The van der Waals surface area contributed by atoms with Crippen LogP contribution in [0.5, 0.6) is 0 Å². The lowest BCUT2D eigenvalue weighted by Crippen LogP contribution is -2.48. The first kappa shape index (κ1) is 34.4. The van der Waals surface area contributed by atoms with Gasteiger partial charge in [-0.05, 0) is 62.6 Å². The zero-order valence-electron chi connectivity index (χ0n) is 24.2. The SMILES string of the molecule is O=C(O)CCC(NC(=O)NC[C@H](CC1CCN(C(=O)c2cc(C(=O)O)cc(-n3cc(CCCF)nn3)c2)CC1)C(=O)O)C(=O)O. The van der Waals surface area contributed by atoms with Crippen LogP contribution >= 0.6 is 0 Å². The molecular formula is C28H35FN6O10. The number of hydrogen-bond donors (Lipinski definition) is 6. The van der Waals surface area contributed by atoms with Crippen LogP contribution in [0.25, 0.3) is 5.69 Å². The topological polar surface area (TPSA) is 241 Å². The number of aliphatic carboxylic acids is 3. The Morgan fingerprint density at radius 1 is 0.978 bits per heavy atom. The third kappa shape index (κ3) is 10.3. The number of aryl methyl sites for hydroxylation is 1. The van der Waals surface area contributed by atoms with E-state index in [0.717, 1.165) is 0 Å². The number of halogens is 1. The summed E-state index contributed by atoms with van der Waals surface area (Å²) in [6, 6.07) is 1.69. The van der Waals surface area contributed by atoms with Gasteiger partial charge in [-0.2, -0.15) is 0 Å². The molecule has 3 amide bonds. The molecule has 0 radical (unpaired) electrons. The highest BCUT2D eigenvalue weighted by Crippen LogP contribution is 2.26. The van der Waals surface area contributed by atoms with Crippen molar-refractivity contribution < 1.29 is 53.6 Å². The van der Waals surface area contributed by atoms with Crippen LogP contribution in [0, 0.1) is 11.8 Å². The van der Waals surface area contributed by atoms with Gasteiger partial charge in [-0.25, -0.2) is 19.1 Å². The van der Waals surface area contributed by atoms with E-state index < -0.39 is 60.9 Å². The van der Waals surface area contributed by atoms with E-state index in [9.17, 15) is 48.5 Å². The fourth-order valence-electron chi connectivity index (χ4n) is 4.96. The van der Waals surface area contributed by atoms with Crippen molar-refractivity contribution in [2.75, 3.05) is 26.3 Å². The van der Waals surface area contributed by atoms with Gasteiger partial charge in [-0.1, -0.05) is 5.21 Å². The summed E-state index contributed by atoms with van der Waals surface area (Å²) in [5.41, 5.74) is 0.790. The predicted molar refractivity (Wildman–Crippen MR) is 152 cm³/mol. The minimum absolute atomic E-state index is 0.110. The summed E-state index contributed by atoms with van der Waals surface area (Å²) in [7, 11) is 0. The van der Waals surface area contributed by atoms with Crippen molar-refractivity contribution in [3.63, 3.8) is 0 Å². The number of amides is 3. The molecule has 2 heterocycles. The highest BCUT2D eigenvalue weighted by Gasteiger charge is 2.29. The van der Waals surface area contributed by atoms with Gasteiger partial charge in [0.25, 0.3) is 5.91 Å². The van der Waals surface area contributed by atoms with E-state index in [4.69, 9.17) is 5.11 Å². The number of carbonyl (C=O) groups is 6. The zero-order valence-corrected chi connectivity index (χ0v) is 24.2. The summed E-state index contributed by atoms with van der Waals surface area (Å²) in [6.07, 6.45) is 2.40. The van der Waals surface area contributed by atoms with E-state index in [1.165, 1.54) is 29.1 Å². The summed E-state index contributed by atoms with van der Waals surface area (Å²) in [5, 5.41) is 49.6.